The highest BCUT2D eigenvalue weighted by Gasteiger charge is 2.44. The number of rotatable bonds is 8. The van der Waals surface area contributed by atoms with Crippen molar-refractivity contribution in [3.05, 3.63) is 83.9 Å². The number of nitrogens with zero attached hydrogens (tertiary/aromatic N) is 2. The van der Waals surface area contributed by atoms with Gasteiger partial charge in [0.15, 0.2) is 5.78 Å². The van der Waals surface area contributed by atoms with Crippen LogP contribution in [0.15, 0.2) is 66.9 Å². The van der Waals surface area contributed by atoms with Crippen molar-refractivity contribution >= 4 is 11.5 Å². The summed E-state index contributed by atoms with van der Waals surface area (Å²) in [5.74, 6) is -0.421. The molecule has 1 saturated carbocycles. The van der Waals surface area contributed by atoms with Crippen LogP contribution < -0.4 is 4.90 Å². The molecule has 1 heterocycles. The average molecular weight is 403 g/mol. The Morgan fingerprint density at radius 1 is 1.00 bits per heavy atom. The number of benzene rings is 2. The van der Waals surface area contributed by atoms with Gasteiger partial charge in [0, 0.05) is 36.5 Å². The average Bonchev–Trinajstić information content (AvgIpc) is 3.60. The molecule has 0 unspecified atom stereocenters. The predicted octanol–water partition coefficient (Wildman–Crippen LogP) is 6.08. The third-order valence-electron chi connectivity index (χ3n) is 6.42. The molecule has 0 spiro atoms. The van der Waals surface area contributed by atoms with Crippen molar-refractivity contribution in [1.29, 1.82) is 0 Å². The zero-order chi connectivity index (χ0) is 21.1. The number of carbonyl (C=O) groups is 1. The minimum absolute atomic E-state index is 0.0807. The Balaban J connectivity index is 1.39. The molecule has 4 rings (SSSR count). The molecular weight excluding hydrogens is 375 g/mol. The van der Waals surface area contributed by atoms with Crippen molar-refractivity contribution in [2.24, 2.45) is 0 Å². The van der Waals surface area contributed by atoms with Gasteiger partial charge in [-0.3, -0.25) is 4.79 Å². The van der Waals surface area contributed by atoms with E-state index in [4.69, 9.17) is 0 Å². The number of ketones is 1. The van der Waals surface area contributed by atoms with Gasteiger partial charge in [-0.1, -0.05) is 49.4 Å². The number of hydrogen-bond donors (Lipinski definition) is 0. The van der Waals surface area contributed by atoms with Gasteiger partial charge in [-0.15, -0.1) is 0 Å². The Hall–Kier alpha value is -3.01. The van der Waals surface area contributed by atoms with E-state index in [1.54, 1.807) is 6.07 Å². The van der Waals surface area contributed by atoms with Gasteiger partial charge in [0.2, 0.25) is 5.95 Å². The summed E-state index contributed by atoms with van der Waals surface area (Å²) >= 11 is 0. The number of aryl methyl sites for hydroxylation is 1. The molecule has 0 radical (unpaired) electrons. The lowest BCUT2D eigenvalue weighted by molar-refractivity contribution is 0.0983. The molecule has 1 aromatic heterocycles. The summed E-state index contributed by atoms with van der Waals surface area (Å²) in [5, 5.41) is 0. The minimum Gasteiger partial charge on any atom is -0.369 e. The third-order valence-corrected chi connectivity index (χ3v) is 6.42. The Kier molecular flexibility index (Phi) is 5.67. The summed E-state index contributed by atoms with van der Waals surface area (Å²) in [6, 6.07) is 19.4. The van der Waals surface area contributed by atoms with Crippen LogP contribution in [-0.4, -0.2) is 23.4 Å². The Bertz CT molecular complexity index is 1010. The summed E-state index contributed by atoms with van der Waals surface area (Å²) in [4.78, 5) is 18.5. The highest BCUT2D eigenvalue weighted by Crippen LogP contribution is 2.45. The fourth-order valence-electron chi connectivity index (χ4n) is 4.03. The lowest BCUT2D eigenvalue weighted by Crippen LogP contribution is -2.32. The summed E-state index contributed by atoms with van der Waals surface area (Å²) < 4.78 is 12.9. The molecule has 0 bridgehead atoms. The number of pyridine rings is 1. The Labute approximate surface area is 177 Å². The quantitative estimate of drug-likeness (QED) is 0.338. The molecule has 3 aromatic rings. The second-order valence-electron chi connectivity index (χ2n) is 8.17. The van der Waals surface area contributed by atoms with Crippen LogP contribution in [0.2, 0.25) is 0 Å². The molecule has 3 nitrogen and oxygen atoms in total. The molecule has 1 aliphatic rings. The standard InChI is InChI=1S/C26H27FN2O/c1-3-26(16-17-26)29(2)23-12-10-21(11-13-23)20-6-8-22(9-7-20)24(30)14-4-19-5-15-25(27)28-18-19/h5-13,15,18H,3-4,14,16-17H2,1-2H3. The van der Waals surface area contributed by atoms with Crippen molar-refractivity contribution < 1.29 is 9.18 Å². The molecule has 30 heavy (non-hydrogen) atoms. The first-order valence-electron chi connectivity index (χ1n) is 10.6. The van der Waals surface area contributed by atoms with Crippen LogP contribution in [0.4, 0.5) is 10.1 Å². The Morgan fingerprint density at radius 3 is 2.17 bits per heavy atom. The molecule has 154 valence electrons. The lowest BCUT2D eigenvalue weighted by Gasteiger charge is -2.29. The number of hydrogen-bond acceptors (Lipinski definition) is 3. The van der Waals surface area contributed by atoms with Gasteiger partial charge in [0.05, 0.1) is 0 Å². The minimum atomic E-state index is -0.502. The highest BCUT2D eigenvalue weighted by molar-refractivity contribution is 5.96. The van der Waals surface area contributed by atoms with Crippen LogP contribution in [0, 0.1) is 5.95 Å². The molecule has 4 heteroatoms. The number of halogens is 1. The first-order valence-corrected chi connectivity index (χ1v) is 10.6. The van der Waals surface area contributed by atoms with Crippen LogP contribution in [0.1, 0.15) is 48.5 Å². The van der Waals surface area contributed by atoms with Crippen LogP contribution in [-0.2, 0) is 6.42 Å². The number of aromatic nitrogens is 1. The van der Waals surface area contributed by atoms with Crippen LogP contribution in [0.3, 0.4) is 0 Å². The summed E-state index contributed by atoms with van der Waals surface area (Å²) in [5.41, 5.74) is 5.41. The molecule has 0 N–H and O–H groups in total. The van der Waals surface area contributed by atoms with Crippen LogP contribution in [0.5, 0.6) is 0 Å². The van der Waals surface area contributed by atoms with Crippen molar-refractivity contribution in [2.75, 3.05) is 11.9 Å². The van der Waals surface area contributed by atoms with E-state index in [0.717, 1.165) is 16.7 Å². The molecular formula is C26H27FN2O. The maximum atomic E-state index is 12.9. The highest BCUT2D eigenvalue weighted by atomic mass is 19.1. The second-order valence-corrected chi connectivity index (χ2v) is 8.17. The SMILES string of the molecule is CCC1(N(C)c2ccc(-c3ccc(C(=O)CCc4ccc(F)nc4)cc3)cc2)CC1. The maximum Gasteiger partial charge on any atom is 0.212 e. The summed E-state index contributed by atoms with van der Waals surface area (Å²) in [6.45, 7) is 2.26. The van der Waals surface area contributed by atoms with Crippen LogP contribution >= 0.6 is 0 Å². The molecule has 0 saturated heterocycles. The van der Waals surface area contributed by atoms with Gasteiger partial charge >= 0.3 is 0 Å². The smallest absolute Gasteiger partial charge is 0.212 e. The van der Waals surface area contributed by atoms with E-state index in [2.05, 4.69) is 48.1 Å². The van der Waals surface area contributed by atoms with Gasteiger partial charge in [0.1, 0.15) is 0 Å². The van der Waals surface area contributed by atoms with E-state index in [1.165, 1.54) is 37.2 Å². The Morgan fingerprint density at radius 2 is 1.63 bits per heavy atom. The third kappa shape index (κ3) is 4.28. The first kappa shape index (κ1) is 20.3. The summed E-state index contributed by atoms with van der Waals surface area (Å²) in [7, 11) is 2.19. The van der Waals surface area contributed by atoms with E-state index in [1.807, 2.05) is 24.3 Å². The largest absolute Gasteiger partial charge is 0.369 e. The van der Waals surface area contributed by atoms with Crippen molar-refractivity contribution in [3.8, 4) is 11.1 Å². The number of carbonyl (C=O) groups excluding carboxylic acids is 1. The molecule has 0 amide bonds. The number of Topliss-reactive ketones (excluding diaryl/α,β-unsaturated/α-hetero) is 1. The van der Waals surface area contributed by atoms with E-state index in [-0.39, 0.29) is 5.78 Å². The lowest BCUT2D eigenvalue weighted by atomic mass is 9.99. The molecule has 1 fully saturated rings. The zero-order valence-electron chi connectivity index (χ0n) is 17.6. The van der Waals surface area contributed by atoms with Crippen LogP contribution in [0.25, 0.3) is 11.1 Å². The van der Waals surface area contributed by atoms with E-state index < -0.39 is 5.95 Å². The van der Waals surface area contributed by atoms with E-state index in [9.17, 15) is 9.18 Å². The topological polar surface area (TPSA) is 33.2 Å². The monoisotopic (exact) mass is 402 g/mol. The maximum absolute atomic E-state index is 12.9. The zero-order valence-corrected chi connectivity index (χ0v) is 17.6. The fourth-order valence-corrected chi connectivity index (χ4v) is 4.03. The van der Waals surface area contributed by atoms with Gasteiger partial charge < -0.3 is 4.90 Å². The molecule has 1 aliphatic carbocycles. The van der Waals surface area contributed by atoms with Crippen molar-refractivity contribution in [1.82, 2.24) is 4.98 Å². The predicted molar refractivity (Wildman–Crippen MR) is 119 cm³/mol. The van der Waals surface area contributed by atoms with Crippen molar-refractivity contribution in [2.45, 2.75) is 44.6 Å². The molecule has 0 atom stereocenters. The normalized spacial score (nSPS) is 14.4. The van der Waals surface area contributed by atoms with Gasteiger partial charge in [-0.05, 0) is 60.6 Å². The first-order chi connectivity index (χ1) is 14.5. The van der Waals surface area contributed by atoms with Gasteiger partial charge in [-0.2, -0.15) is 4.39 Å². The van der Waals surface area contributed by atoms with E-state index in [0.29, 0.717) is 23.9 Å². The fraction of sp³-hybridized carbons (Fsp3) is 0.308. The van der Waals surface area contributed by atoms with Gasteiger partial charge in [-0.25, -0.2) is 4.98 Å². The molecule has 0 aliphatic heterocycles. The summed E-state index contributed by atoms with van der Waals surface area (Å²) in [6.07, 6.45) is 6.15. The molecule has 2 aromatic carbocycles. The number of anilines is 1. The van der Waals surface area contributed by atoms with E-state index >= 15 is 0 Å². The van der Waals surface area contributed by atoms with Crippen molar-refractivity contribution in [3.63, 3.8) is 0 Å². The second kappa shape index (κ2) is 8.39. The van der Waals surface area contributed by atoms with Gasteiger partial charge in [0.25, 0.3) is 0 Å².